The van der Waals surface area contributed by atoms with E-state index < -0.39 is 0 Å². The maximum atomic E-state index is 12.3. The molecule has 0 aliphatic carbocycles. The van der Waals surface area contributed by atoms with Crippen molar-refractivity contribution in [3.63, 3.8) is 0 Å². The van der Waals surface area contributed by atoms with Gasteiger partial charge in [-0.3, -0.25) is 10.00 Å². The molecule has 0 unspecified atom stereocenters. The number of nitrogens with one attached hydrogen (secondary N) is 1. The van der Waals surface area contributed by atoms with Crippen LogP contribution in [-0.2, 0) is 7.05 Å². The molecule has 22 heavy (non-hydrogen) atoms. The minimum atomic E-state index is -0.153. The number of carbonyl (C=O) groups excluding carboxylic acids is 1. The van der Waals surface area contributed by atoms with E-state index in [0.717, 1.165) is 25.1 Å². The van der Waals surface area contributed by atoms with E-state index in [1.54, 1.807) is 22.8 Å². The first-order chi connectivity index (χ1) is 10.7. The summed E-state index contributed by atoms with van der Waals surface area (Å²) in [7, 11) is 1.76. The van der Waals surface area contributed by atoms with E-state index >= 15 is 0 Å². The number of amides is 2. The van der Waals surface area contributed by atoms with E-state index in [-0.39, 0.29) is 12.1 Å². The lowest BCUT2D eigenvalue weighted by atomic mass is 10.2. The second-order valence-corrected chi connectivity index (χ2v) is 5.32. The number of carbonyl (C=O) groups is 1. The summed E-state index contributed by atoms with van der Waals surface area (Å²) in [5, 5.41) is 10.4. The van der Waals surface area contributed by atoms with Gasteiger partial charge in [-0.25, -0.2) is 4.79 Å². The molecule has 7 nitrogen and oxygen atoms in total. The van der Waals surface area contributed by atoms with Crippen molar-refractivity contribution in [3.8, 4) is 5.75 Å². The van der Waals surface area contributed by atoms with Gasteiger partial charge in [0.15, 0.2) is 5.82 Å². The van der Waals surface area contributed by atoms with Crippen LogP contribution in [0, 0.1) is 0 Å². The number of likely N-dealkylation sites (tertiary alicyclic amines) is 1. The maximum absolute atomic E-state index is 12.3. The van der Waals surface area contributed by atoms with Gasteiger partial charge in [-0.2, -0.15) is 0 Å². The number of anilines is 1. The lowest BCUT2D eigenvalue weighted by Gasteiger charge is -2.24. The van der Waals surface area contributed by atoms with Crippen molar-refractivity contribution in [1.29, 1.82) is 0 Å². The van der Waals surface area contributed by atoms with Crippen molar-refractivity contribution in [2.45, 2.75) is 18.9 Å². The highest BCUT2D eigenvalue weighted by molar-refractivity contribution is 5.88. The highest BCUT2D eigenvalue weighted by Gasteiger charge is 2.29. The number of aromatic nitrogens is 3. The summed E-state index contributed by atoms with van der Waals surface area (Å²) in [5.74, 6) is 1.28. The van der Waals surface area contributed by atoms with E-state index in [1.165, 1.54) is 0 Å². The van der Waals surface area contributed by atoms with Gasteiger partial charge in [-0.15, -0.1) is 5.10 Å². The standard InChI is InChI=1S/C15H19N5O2/c1-19-10-14(17-18-19)16-15(21)20-9-5-6-12(20)11-22-13-7-3-2-4-8-13/h2-4,7-8,10,12H,5-6,9,11H2,1H3,(H,16,21)/t12-/m0/s1. The van der Waals surface area contributed by atoms with Crippen molar-refractivity contribution in [3.05, 3.63) is 36.5 Å². The SMILES string of the molecule is Cn1cc(NC(=O)N2CCC[C@H]2COc2ccccc2)nn1. The third-order valence-corrected chi connectivity index (χ3v) is 3.66. The maximum Gasteiger partial charge on any atom is 0.323 e. The summed E-state index contributed by atoms with van der Waals surface area (Å²) in [6, 6.07) is 9.57. The number of hydrogen-bond donors (Lipinski definition) is 1. The molecule has 1 aromatic heterocycles. The second kappa shape index (κ2) is 6.46. The van der Waals surface area contributed by atoms with Gasteiger partial charge in [-0.05, 0) is 25.0 Å². The average molecular weight is 301 g/mol. The monoisotopic (exact) mass is 301 g/mol. The number of rotatable bonds is 4. The van der Waals surface area contributed by atoms with Gasteiger partial charge in [0, 0.05) is 13.6 Å². The number of hydrogen-bond acceptors (Lipinski definition) is 4. The van der Waals surface area contributed by atoms with E-state index in [4.69, 9.17) is 4.74 Å². The highest BCUT2D eigenvalue weighted by Crippen LogP contribution is 2.20. The third kappa shape index (κ3) is 3.36. The Morgan fingerprint density at radius 2 is 2.23 bits per heavy atom. The van der Waals surface area contributed by atoms with Crippen LogP contribution in [0.1, 0.15) is 12.8 Å². The lowest BCUT2D eigenvalue weighted by molar-refractivity contribution is 0.176. The van der Waals surface area contributed by atoms with Gasteiger partial charge in [0.25, 0.3) is 0 Å². The Balaban J connectivity index is 1.56. The zero-order chi connectivity index (χ0) is 15.4. The molecule has 1 N–H and O–H groups in total. The molecule has 2 heterocycles. The number of benzene rings is 1. The highest BCUT2D eigenvalue weighted by atomic mass is 16.5. The van der Waals surface area contributed by atoms with Gasteiger partial charge in [0.1, 0.15) is 12.4 Å². The quantitative estimate of drug-likeness (QED) is 0.936. The summed E-state index contributed by atoms with van der Waals surface area (Å²) in [6.07, 6.45) is 3.60. The summed E-state index contributed by atoms with van der Waals surface area (Å²) in [6.45, 7) is 1.23. The Bertz CT molecular complexity index is 628. The first-order valence-electron chi connectivity index (χ1n) is 7.34. The molecule has 2 amide bonds. The van der Waals surface area contributed by atoms with Crippen LogP contribution in [0.5, 0.6) is 5.75 Å². The van der Waals surface area contributed by atoms with Gasteiger partial charge in [0.05, 0.1) is 12.2 Å². The predicted octanol–water partition coefficient (Wildman–Crippen LogP) is 1.89. The summed E-state index contributed by atoms with van der Waals surface area (Å²) in [5.41, 5.74) is 0. The number of urea groups is 1. The second-order valence-electron chi connectivity index (χ2n) is 5.32. The molecular weight excluding hydrogens is 282 g/mol. The van der Waals surface area contributed by atoms with E-state index in [0.29, 0.717) is 12.4 Å². The van der Waals surface area contributed by atoms with Crippen molar-refractivity contribution in [1.82, 2.24) is 19.9 Å². The molecule has 1 aliphatic rings. The fourth-order valence-electron chi connectivity index (χ4n) is 2.57. The first kappa shape index (κ1) is 14.4. The lowest BCUT2D eigenvalue weighted by Crippen LogP contribution is -2.41. The van der Waals surface area contributed by atoms with Crippen molar-refractivity contribution >= 4 is 11.8 Å². The van der Waals surface area contributed by atoms with Crippen LogP contribution in [0.2, 0.25) is 0 Å². The van der Waals surface area contributed by atoms with Crippen LogP contribution >= 0.6 is 0 Å². The van der Waals surface area contributed by atoms with Gasteiger partial charge in [0.2, 0.25) is 0 Å². The molecule has 0 radical (unpaired) electrons. The smallest absolute Gasteiger partial charge is 0.323 e. The molecule has 3 rings (SSSR count). The molecule has 1 saturated heterocycles. The van der Waals surface area contributed by atoms with Crippen molar-refractivity contribution < 1.29 is 9.53 Å². The predicted molar refractivity (Wildman–Crippen MR) is 81.7 cm³/mol. The molecule has 1 fully saturated rings. The minimum Gasteiger partial charge on any atom is -0.491 e. The fraction of sp³-hybridized carbons (Fsp3) is 0.400. The molecule has 116 valence electrons. The molecule has 1 aliphatic heterocycles. The largest absolute Gasteiger partial charge is 0.491 e. The van der Waals surface area contributed by atoms with Crippen LogP contribution in [-0.4, -0.2) is 45.1 Å². The van der Waals surface area contributed by atoms with E-state index in [2.05, 4.69) is 15.6 Å². The summed E-state index contributed by atoms with van der Waals surface area (Å²) >= 11 is 0. The summed E-state index contributed by atoms with van der Waals surface area (Å²) < 4.78 is 7.32. The van der Waals surface area contributed by atoms with Crippen molar-refractivity contribution in [2.75, 3.05) is 18.5 Å². The number of aryl methyl sites for hydroxylation is 1. The Morgan fingerprint density at radius 1 is 1.41 bits per heavy atom. The van der Waals surface area contributed by atoms with Gasteiger partial charge < -0.3 is 9.64 Å². The van der Waals surface area contributed by atoms with Crippen molar-refractivity contribution in [2.24, 2.45) is 7.05 Å². The molecule has 0 spiro atoms. The van der Waals surface area contributed by atoms with Crippen LogP contribution in [0.4, 0.5) is 10.6 Å². The first-order valence-corrected chi connectivity index (χ1v) is 7.34. The van der Waals surface area contributed by atoms with Crippen LogP contribution in [0.3, 0.4) is 0 Å². The minimum absolute atomic E-state index is 0.0804. The topological polar surface area (TPSA) is 72.3 Å². The molecule has 1 atom stereocenters. The fourth-order valence-corrected chi connectivity index (χ4v) is 2.57. The summed E-state index contributed by atoms with van der Waals surface area (Å²) in [4.78, 5) is 14.1. The molecule has 0 saturated carbocycles. The molecule has 1 aromatic carbocycles. The average Bonchev–Trinajstić information content (AvgIpc) is 3.15. The van der Waals surface area contributed by atoms with Crippen LogP contribution in [0.25, 0.3) is 0 Å². The Hall–Kier alpha value is -2.57. The molecule has 7 heteroatoms. The normalized spacial score (nSPS) is 17.5. The molecule has 0 bridgehead atoms. The van der Waals surface area contributed by atoms with E-state index in [9.17, 15) is 4.79 Å². The number of para-hydroxylation sites is 1. The zero-order valence-electron chi connectivity index (χ0n) is 12.5. The Kier molecular flexibility index (Phi) is 4.22. The zero-order valence-corrected chi connectivity index (χ0v) is 12.5. The van der Waals surface area contributed by atoms with Crippen LogP contribution < -0.4 is 10.1 Å². The molecule has 2 aromatic rings. The Labute approximate surface area is 128 Å². The van der Waals surface area contributed by atoms with Crippen LogP contribution in [0.15, 0.2) is 36.5 Å². The van der Waals surface area contributed by atoms with Gasteiger partial charge >= 0.3 is 6.03 Å². The number of nitrogens with zero attached hydrogens (tertiary/aromatic N) is 4. The third-order valence-electron chi connectivity index (χ3n) is 3.66. The molecular formula is C15H19N5O2. The van der Waals surface area contributed by atoms with Gasteiger partial charge in [-0.1, -0.05) is 23.4 Å². The Morgan fingerprint density at radius 3 is 2.95 bits per heavy atom. The number of ether oxygens (including phenoxy) is 1. The van der Waals surface area contributed by atoms with E-state index in [1.807, 2.05) is 30.3 Å².